The first kappa shape index (κ1) is 11.5. The molecule has 0 aliphatic heterocycles. The summed E-state index contributed by atoms with van der Waals surface area (Å²) in [5.41, 5.74) is 1.55. The second-order valence-electron chi connectivity index (χ2n) is 3.92. The fourth-order valence-corrected chi connectivity index (χ4v) is 1.79. The minimum absolute atomic E-state index is 1.08. The van der Waals surface area contributed by atoms with E-state index in [1.54, 1.807) is 5.57 Å². The lowest BCUT2D eigenvalue weighted by atomic mass is 10.1. The quantitative estimate of drug-likeness (QED) is 0.660. The highest BCUT2D eigenvalue weighted by Crippen LogP contribution is 2.17. The Bertz CT molecular complexity index is 191. The van der Waals surface area contributed by atoms with E-state index < -0.39 is 0 Å². The summed E-state index contributed by atoms with van der Waals surface area (Å²) in [5.74, 6) is 0. The summed E-state index contributed by atoms with van der Waals surface area (Å²) >= 11 is 0. The van der Waals surface area contributed by atoms with Gasteiger partial charge in [0, 0.05) is 0 Å². The normalized spacial score (nSPS) is 18.2. The molecule has 1 heteroatoms. The molecule has 0 aromatic carbocycles. The van der Waals surface area contributed by atoms with Crippen molar-refractivity contribution in [3.8, 4) is 0 Å². The van der Waals surface area contributed by atoms with Gasteiger partial charge in [-0.05, 0) is 45.2 Å². The molecule has 0 aromatic rings. The van der Waals surface area contributed by atoms with Gasteiger partial charge in [0.1, 0.15) is 0 Å². The fourth-order valence-electron chi connectivity index (χ4n) is 1.79. The Morgan fingerprint density at radius 1 is 1.36 bits per heavy atom. The monoisotopic (exact) mass is 193 g/mol. The highest BCUT2D eigenvalue weighted by atomic mass is 14.8. The van der Waals surface area contributed by atoms with E-state index >= 15 is 0 Å². The number of hydrogen-bond donors (Lipinski definition) is 1. The molecule has 80 valence electrons. The van der Waals surface area contributed by atoms with E-state index in [2.05, 4.69) is 30.5 Å². The average Bonchev–Trinajstić information content (AvgIpc) is 2.46. The largest absolute Gasteiger partial charge is 0.317 e. The molecule has 0 atom stereocenters. The Balaban J connectivity index is 2.17. The molecular formula is C13H23N. The van der Waals surface area contributed by atoms with Crippen molar-refractivity contribution >= 4 is 0 Å². The van der Waals surface area contributed by atoms with E-state index in [4.69, 9.17) is 0 Å². The lowest BCUT2D eigenvalue weighted by molar-refractivity contribution is 0.712. The third-order valence-electron chi connectivity index (χ3n) is 2.65. The molecule has 0 aromatic heterocycles. The predicted octanol–water partition coefficient (Wildman–Crippen LogP) is 3.43. The minimum atomic E-state index is 1.08. The van der Waals surface area contributed by atoms with Crippen molar-refractivity contribution in [2.75, 3.05) is 13.1 Å². The van der Waals surface area contributed by atoms with Gasteiger partial charge in [-0.1, -0.05) is 37.1 Å². The Morgan fingerprint density at radius 3 is 3.14 bits per heavy atom. The maximum atomic E-state index is 3.33. The summed E-state index contributed by atoms with van der Waals surface area (Å²) in [6.45, 7) is 4.34. The smallest absolute Gasteiger partial charge is 0.00143 e. The van der Waals surface area contributed by atoms with E-state index in [1.165, 1.54) is 32.1 Å². The molecule has 0 radical (unpaired) electrons. The van der Waals surface area contributed by atoms with Gasteiger partial charge in [0.05, 0.1) is 0 Å². The van der Waals surface area contributed by atoms with Gasteiger partial charge in [-0.25, -0.2) is 0 Å². The molecule has 1 aliphatic rings. The van der Waals surface area contributed by atoms with Crippen LogP contribution in [0.2, 0.25) is 0 Å². The second kappa shape index (κ2) is 7.81. The van der Waals surface area contributed by atoms with E-state index in [-0.39, 0.29) is 0 Å². The van der Waals surface area contributed by atoms with Crippen LogP contribution < -0.4 is 5.32 Å². The van der Waals surface area contributed by atoms with Crippen LogP contribution in [0.5, 0.6) is 0 Å². The molecule has 0 saturated heterocycles. The third kappa shape index (κ3) is 5.23. The molecule has 1 rings (SSSR count). The highest BCUT2D eigenvalue weighted by molar-refractivity contribution is 5.19. The van der Waals surface area contributed by atoms with Crippen LogP contribution in [0.15, 0.2) is 23.8 Å². The molecule has 0 amide bonds. The van der Waals surface area contributed by atoms with Crippen LogP contribution in [0.25, 0.3) is 0 Å². The van der Waals surface area contributed by atoms with E-state index in [0.717, 1.165) is 19.5 Å². The van der Waals surface area contributed by atoms with Crippen LogP contribution in [0, 0.1) is 0 Å². The highest BCUT2D eigenvalue weighted by Gasteiger charge is 1.98. The van der Waals surface area contributed by atoms with E-state index in [9.17, 15) is 0 Å². The van der Waals surface area contributed by atoms with Crippen LogP contribution in [0.1, 0.15) is 45.4 Å². The van der Waals surface area contributed by atoms with Crippen molar-refractivity contribution in [2.45, 2.75) is 45.4 Å². The summed E-state index contributed by atoms with van der Waals surface area (Å²) < 4.78 is 0. The van der Waals surface area contributed by atoms with Gasteiger partial charge in [0.2, 0.25) is 0 Å². The van der Waals surface area contributed by atoms with Crippen molar-refractivity contribution in [3.05, 3.63) is 23.8 Å². The van der Waals surface area contributed by atoms with Gasteiger partial charge in [-0.3, -0.25) is 0 Å². The zero-order chi connectivity index (χ0) is 10.1. The molecular weight excluding hydrogens is 170 g/mol. The maximum absolute atomic E-state index is 3.33. The van der Waals surface area contributed by atoms with Crippen molar-refractivity contribution in [1.82, 2.24) is 5.32 Å². The van der Waals surface area contributed by atoms with E-state index in [1.807, 2.05) is 0 Å². The van der Waals surface area contributed by atoms with E-state index in [0.29, 0.717) is 0 Å². The number of rotatable bonds is 5. The molecule has 0 bridgehead atoms. The Kier molecular flexibility index (Phi) is 6.42. The molecule has 14 heavy (non-hydrogen) atoms. The SMILES string of the molecule is CCNCC/C=C/C1=CCCCCC1. The van der Waals surface area contributed by atoms with Crippen molar-refractivity contribution in [2.24, 2.45) is 0 Å². The first-order valence-corrected chi connectivity index (χ1v) is 5.99. The molecule has 1 N–H and O–H groups in total. The molecule has 0 spiro atoms. The maximum Gasteiger partial charge on any atom is -0.00143 e. The molecule has 1 nitrogen and oxygen atoms in total. The molecule has 1 aliphatic carbocycles. The first-order valence-electron chi connectivity index (χ1n) is 5.99. The van der Waals surface area contributed by atoms with Crippen LogP contribution in [-0.2, 0) is 0 Å². The lowest BCUT2D eigenvalue weighted by Gasteiger charge is -1.98. The zero-order valence-corrected chi connectivity index (χ0v) is 9.39. The molecule has 0 unspecified atom stereocenters. The summed E-state index contributed by atoms with van der Waals surface area (Å²) in [5, 5.41) is 3.33. The molecule has 0 saturated carbocycles. The Morgan fingerprint density at radius 2 is 2.29 bits per heavy atom. The standard InChI is InChI=1S/C13H23N/c1-2-14-12-8-7-11-13-9-5-3-4-6-10-13/h7,9,11,14H,2-6,8,10,12H2,1H3/b11-7+. The van der Waals surface area contributed by atoms with Crippen molar-refractivity contribution in [1.29, 1.82) is 0 Å². The van der Waals surface area contributed by atoms with Crippen molar-refractivity contribution in [3.63, 3.8) is 0 Å². The topological polar surface area (TPSA) is 12.0 Å². The van der Waals surface area contributed by atoms with Gasteiger partial charge in [-0.15, -0.1) is 0 Å². The van der Waals surface area contributed by atoms with Crippen LogP contribution in [-0.4, -0.2) is 13.1 Å². The first-order chi connectivity index (χ1) is 6.93. The van der Waals surface area contributed by atoms with Crippen molar-refractivity contribution < 1.29 is 0 Å². The Labute approximate surface area is 88.3 Å². The Hall–Kier alpha value is -0.560. The zero-order valence-electron chi connectivity index (χ0n) is 9.39. The summed E-state index contributed by atoms with van der Waals surface area (Å²) in [6.07, 6.45) is 14.9. The summed E-state index contributed by atoms with van der Waals surface area (Å²) in [4.78, 5) is 0. The summed E-state index contributed by atoms with van der Waals surface area (Å²) in [7, 11) is 0. The summed E-state index contributed by atoms with van der Waals surface area (Å²) in [6, 6.07) is 0. The van der Waals surface area contributed by atoms with Gasteiger partial charge < -0.3 is 5.32 Å². The minimum Gasteiger partial charge on any atom is -0.317 e. The predicted molar refractivity (Wildman–Crippen MR) is 63.5 cm³/mol. The number of allylic oxidation sites excluding steroid dienone is 3. The third-order valence-corrected chi connectivity index (χ3v) is 2.65. The van der Waals surface area contributed by atoms with Gasteiger partial charge in [0.15, 0.2) is 0 Å². The van der Waals surface area contributed by atoms with Crippen LogP contribution in [0.3, 0.4) is 0 Å². The number of hydrogen-bond acceptors (Lipinski definition) is 1. The van der Waals surface area contributed by atoms with Gasteiger partial charge in [0.25, 0.3) is 0 Å². The van der Waals surface area contributed by atoms with Gasteiger partial charge >= 0.3 is 0 Å². The molecule has 0 fully saturated rings. The average molecular weight is 193 g/mol. The number of nitrogens with one attached hydrogen (secondary N) is 1. The molecule has 0 heterocycles. The van der Waals surface area contributed by atoms with Gasteiger partial charge in [-0.2, -0.15) is 0 Å². The fraction of sp³-hybridized carbons (Fsp3) is 0.692. The second-order valence-corrected chi connectivity index (χ2v) is 3.92. The lowest BCUT2D eigenvalue weighted by Crippen LogP contribution is -2.12. The van der Waals surface area contributed by atoms with Crippen LogP contribution in [0.4, 0.5) is 0 Å². The van der Waals surface area contributed by atoms with Crippen LogP contribution >= 0.6 is 0 Å².